The largest absolute Gasteiger partial charge is 0.389 e. The van der Waals surface area contributed by atoms with Crippen LogP contribution in [0.25, 0.3) is 0 Å². The summed E-state index contributed by atoms with van der Waals surface area (Å²) < 4.78 is 0. The number of rotatable bonds is 3. The zero-order chi connectivity index (χ0) is 12.9. The number of hydrogen-bond donors (Lipinski definition) is 1. The fourth-order valence-corrected chi connectivity index (χ4v) is 5.40. The molecule has 0 heterocycles. The summed E-state index contributed by atoms with van der Waals surface area (Å²) in [6, 6.07) is 10.7. The molecule has 4 bridgehead atoms. The normalized spacial score (nSPS) is 43.6. The van der Waals surface area contributed by atoms with Crippen molar-refractivity contribution in [3.05, 3.63) is 35.9 Å². The molecule has 1 nitrogen and oxygen atoms in total. The standard InChI is InChI=1S/C18H24O/c19-18(7-6-13-4-2-1-3-5-13)16-9-14-8-15(11-16)12-17(18)10-14/h1-5,14-17,19H,6-12H2. The molecule has 0 aromatic heterocycles. The Labute approximate surface area is 116 Å². The molecular formula is C18H24O. The van der Waals surface area contributed by atoms with E-state index in [9.17, 15) is 5.11 Å². The summed E-state index contributed by atoms with van der Waals surface area (Å²) in [7, 11) is 0. The molecule has 0 unspecified atom stereocenters. The van der Waals surface area contributed by atoms with Gasteiger partial charge in [0.25, 0.3) is 0 Å². The van der Waals surface area contributed by atoms with Crippen LogP contribution < -0.4 is 0 Å². The van der Waals surface area contributed by atoms with Gasteiger partial charge < -0.3 is 5.11 Å². The molecule has 4 aliphatic carbocycles. The van der Waals surface area contributed by atoms with Crippen molar-refractivity contribution in [1.29, 1.82) is 0 Å². The van der Waals surface area contributed by atoms with E-state index in [0.717, 1.165) is 24.7 Å². The lowest BCUT2D eigenvalue weighted by atomic mass is 9.49. The molecule has 102 valence electrons. The first-order valence-electron chi connectivity index (χ1n) is 8.00. The zero-order valence-electron chi connectivity index (χ0n) is 11.6. The first kappa shape index (κ1) is 12.0. The highest BCUT2D eigenvalue weighted by atomic mass is 16.3. The van der Waals surface area contributed by atoms with Crippen LogP contribution in [0.15, 0.2) is 30.3 Å². The first-order chi connectivity index (χ1) is 9.24. The molecule has 4 fully saturated rings. The molecule has 4 aliphatic rings. The van der Waals surface area contributed by atoms with Crippen molar-refractivity contribution < 1.29 is 5.11 Å². The van der Waals surface area contributed by atoms with Crippen LogP contribution in [0.1, 0.15) is 44.1 Å². The number of aliphatic hydroxyl groups is 1. The van der Waals surface area contributed by atoms with Gasteiger partial charge in [-0.3, -0.25) is 0 Å². The highest BCUT2D eigenvalue weighted by Crippen LogP contribution is 2.59. The number of aryl methyl sites for hydroxylation is 1. The third-order valence-corrected chi connectivity index (χ3v) is 6.21. The lowest BCUT2D eigenvalue weighted by molar-refractivity contribution is -0.175. The predicted octanol–water partition coefficient (Wildman–Crippen LogP) is 3.81. The van der Waals surface area contributed by atoms with E-state index in [2.05, 4.69) is 30.3 Å². The smallest absolute Gasteiger partial charge is 0.0707 e. The molecule has 0 aliphatic heterocycles. The van der Waals surface area contributed by atoms with E-state index in [-0.39, 0.29) is 5.60 Å². The van der Waals surface area contributed by atoms with E-state index < -0.39 is 0 Å². The second kappa shape index (κ2) is 4.34. The zero-order valence-corrected chi connectivity index (χ0v) is 11.6. The van der Waals surface area contributed by atoms with Gasteiger partial charge in [0.15, 0.2) is 0 Å². The summed E-state index contributed by atoms with van der Waals surface area (Å²) in [6.45, 7) is 0. The summed E-state index contributed by atoms with van der Waals surface area (Å²) in [5.74, 6) is 3.10. The van der Waals surface area contributed by atoms with E-state index in [0.29, 0.717) is 11.8 Å². The molecule has 1 aromatic carbocycles. The minimum Gasteiger partial charge on any atom is -0.389 e. The van der Waals surface area contributed by atoms with Gasteiger partial charge in [-0.2, -0.15) is 0 Å². The Kier molecular flexibility index (Phi) is 2.73. The lowest BCUT2D eigenvalue weighted by Crippen LogP contribution is -2.57. The van der Waals surface area contributed by atoms with Gasteiger partial charge in [0.2, 0.25) is 0 Å². The van der Waals surface area contributed by atoms with E-state index in [1.165, 1.54) is 37.7 Å². The summed E-state index contributed by atoms with van der Waals surface area (Å²) >= 11 is 0. The van der Waals surface area contributed by atoms with E-state index in [4.69, 9.17) is 0 Å². The SMILES string of the molecule is OC1(CCc2ccccc2)C2CC3CC(C2)CC1C3. The highest BCUT2D eigenvalue weighted by molar-refractivity contribution is 5.16. The average molecular weight is 256 g/mol. The van der Waals surface area contributed by atoms with Crippen molar-refractivity contribution in [2.45, 2.75) is 50.5 Å². The van der Waals surface area contributed by atoms with Crippen molar-refractivity contribution in [3.8, 4) is 0 Å². The number of benzene rings is 1. The van der Waals surface area contributed by atoms with Crippen molar-refractivity contribution in [1.82, 2.24) is 0 Å². The summed E-state index contributed by atoms with van der Waals surface area (Å²) in [5, 5.41) is 11.3. The van der Waals surface area contributed by atoms with Gasteiger partial charge >= 0.3 is 0 Å². The molecule has 0 saturated heterocycles. The van der Waals surface area contributed by atoms with Gasteiger partial charge in [-0.15, -0.1) is 0 Å². The van der Waals surface area contributed by atoms with E-state index in [1.807, 2.05) is 0 Å². The maximum absolute atomic E-state index is 11.3. The minimum atomic E-state index is -0.344. The Morgan fingerprint density at radius 1 is 0.895 bits per heavy atom. The second-order valence-corrected chi connectivity index (χ2v) is 7.28. The Morgan fingerprint density at radius 2 is 1.47 bits per heavy atom. The van der Waals surface area contributed by atoms with Gasteiger partial charge in [-0.05, 0) is 74.2 Å². The lowest BCUT2D eigenvalue weighted by Gasteiger charge is -2.59. The maximum atomic E-state index is 11.3. The Balaban J connectivity index is 1.50. The molecule has 5 rings (SSSR count). The monoisotopic (exact) mass is 256 g/mol. The Hall–Kier alpha value is -0.820. The molecule has 1 heteroatoms. The van der Waals surface area contributed by atoms with Crippen LogP contribution in [0.5, 0.6) is 0 Å². The summed E-state index contributed by atoms with van der Waals surface area (Å²) in [5.41, 5.74) is 1.04. The van der Waals surface area contributed by atoms with Crippen molar-refractivity contribution in [3.63, 3.8) is 0 Å². The number of hydrogen-bond acceptors (Lipinski definition) is 1. The average Bonchev–Trinajstić information content (AvgIpc) is 2.43. The third-order valence-electron chi connectivity index (χ3n) is 6.21. The predicted molar refractivity (Wildman–Crippen MR) is 76.8 cm³/mol. The Morgan fingerprint density at radius 3 is 2.05 bits per heavy atom. The Bertz CT molecular complexity index is 422. The van der Waals surface area contributed by atoms with Gasteiger partial charge in [0.05, 0.1) is 5.60 Å². The molecule has 1 N–H and O–H groups in total. The van der Waals surface area contributed by atoms with E-state index >= 15 is 0 Å². The van der Waals surface area contributed by atoms with Crippen LogP contribution in [0.3, 0.4) is 0 Å². The topological polar surface area (TPSA) is 20.2 Å². The van der Waals surface area contributed by atoms with Crippen LogP contribution in [0.2, 0.25) is 0 Å². The molecule has 4 saturated carbocycles. The first-order valence-corrected chi connectivity index (χ1v) is 8.00. The molecule has 0 amide bonds. The van der Waals surface area contributed by atoms with Gasteiger partial charge in [0.1, 0.15) is 0 Å². The summed E-state index contributed by atoms with van der Waals surface area (Å²) in [6.07, 6.45) is 8.69. The van der Waals surface area contributed by atoms with Crippen LogP contribution in [0, 0.1) is 23.7 Å². The molecule has 19 heavy (non-hydrogen) atoms. The maximum Gasteiger partial charge on any atom is 0.0707 e. The van der Waals surface area contributed by atoms with Gasteiger partial charge in [0, 0.05) is 0 Å². The fourth-order valence-electron chi connectivity index (χ4n) is 5.40. The molecule has 0 atom stereocenters. The fraction of sp³-hybridized carbons (Fsp3) is 0.667. The minimum absolute atomic E-state index is 0.344. The summed E-state index contributed by atoms with van der Waals surface area (Å²) in [4.78, 5) is 0. The highest BCUT2D eigenvalue weighted by Gasteiger charge is 2.55. The molecule has 1 aromatic rings. The van der Waals surface area contributed by atoms with Crippen molar-refractivity contribution >= 4 is 0 Å². The third kappa shape index (κ3) is 1.94. The molecular weight excluding hydrogens is 232 g/mol. The molecule has 0 radical (unpaired) electrons. The van der Waals surface area contributed by atoms with Crippen molar-refractivity contribution in [2.75, 3.05) is 0 Å². The van der Waals surface area contributed by atoms with Crippen LogP contribution in [-0.4, -0.2) is 10.7 Å². The van der Waals surface area contributed by atoms with Crippen LogP contribution in [-0.2, 0) is 6.42 Å². The van der Waals surface area contributed by atoms with Gasteiger partial charge in [-0.25, -0.2) is 0 Å². The van der Waals surface area contributed by atoms with Crippen LogP contribution >= 0.6 is 0 Å². The van der Waals surface area contributed by atoms with Crippen LogP contribution in [0.4, 0.5) is 0 Å². The van der Waals surface area contributed by atoms with Gasteiger partial charge in [-0.1, -0.05) is 30.3 Å². The molecule has 0 spiro atoms. The van der Waals surface area contributed by atoms with Crippen molar-refractivity contribution in [2.24, 2.45) is 23.7 Å². The van der Waals surface area contributed by atoms with E-state index in [1.54, 1.807) is 0 Å². The quantitative estimate of drug-likeness (QED) is 0.872. The second-order valence-electron chi connectivity index (χ2n) is 7.28.